The van der Waals surface area contributed by atoms with Gasteiger partial charge in [-0.3, -0.25) is 4.68 Å². The van der Waals surface area contributed by atoms with Gasteiger partial charge in [0.25, 0.3) is 0 Å². The van der Waals surface area contributed by atoms with E-state index in [1.54, 1.807) is 0 Å². The molecule has 4 nitrogen and oxygen atoms in total. The van der Waals surface area contributed by atoms with Crippen LogP contribution in [0.5, 0.6) is 0 Å². The zero-order valence-corrected chi connectivity index (χ0v) is 11.7. The van der Waals surface area contributed by atoms with Crippen LogP contribution in [0.4, 0.5) is 0 Å². The monoisotopic (exact) mass is 269 g/mol. The van der Waals surface area contributed by atoms with Gasteiger partial charge in [-0.1, -0.05) is 11.6 Å². The minimum atomic E-state index is 0.118. The number of nitrogens with two attached hydrogens (primary N) is 1. The van der Waals surface area contributed by atoms with Gasteiger partial charge in [0.2, 0.25) is 0 Å². The number of nitrogens with zero attached hydrogens (tertiary/aromatic N) is 2. The zero-order chi connectivity index (χ0) is 12.9. The average Bonchev–Trinajstić information content (AvgIpc) is 3.00. The molecule has 2 N–H and O–H groups in total. The first-order valence-electron chi connectivity index (χ1n) is 6.65. The number of hydrogen-bond acceptors (Lipinski definition) is 3. The van der Waals surface area contributed by atoms with Crippen molar-refractivity contribution in [1.29, 1.82) is 0 Å². The van der Waals surface area contributed by atoms with Gasteiger partial charge in [0.1, 0.15) is 0 Å². The van der Waals surface area contributed by atoms with E-state index in [0.717, 1.165) is 29.3 Å². The fraction of sp³-hybridized carbons (Fsp3) is 0.769. The van der Waals surface area contributed by atoms with Crippen LogP contribution in [0.15, 0.2) is 0 Å². The summed E-state index contributed by atoms with van der Waals surface area (Å²) < 4.78 is 7.73. The Morgan fingerprint density at radius 2 is 2.33 bits per heavy atom. The molecule has 5 heteroatoms. The summed E-state index contributed by atoms with van der Waals surface area (Å²) in [7, 11) is 1.93. The number of hydrogen-bond donors (Lipinski definition) is 1. The molecular formula is C13H20ClN3O. The summed E-state index contributed by atoms with van der Waals surface area (Å²) in [6, 6.07) is 0.118. The fourth-order valence-corrected chi connectivity index (χ4v) is 3.64. The Morgan fingerprint density at radius 3 is 2.83 bits per heavy atom. The molecule has 0 saturated carbocycles. The van der Waals surface area contributed by atoms with Gasteiger partial charge < -0.3 is 10.5 Å². The molecule has 3 rings (SSSR count). The summed E-state index contributed by atoms with van der Waals surface area (Å²) in [6.07, 6.45) is 5.10. The number of aryl methyl sites for hydroxylation is 2. The van der Waals surface area contributed by atoms with Crippen molar-refractivity contribution in [2.45, 2.75) is 50.9 Å². The SMILES string of the molecule is Cc1nn(C)c(CC(N)C2CC3CCC2O3)c1Cl. The summed E-state index contributed by atoms with van der Waals surface area (Å²) in [6.45, 7) is 1.93. The van der Waals surface area contributed by atoms with Gasteiger partial charge in [0, 0.05) is 25.4 Å². The number of fused-ring (bicyclic) bond motifs is 2. The first kappa shape index (κ1) is 12.5. The van der Waals surface area contributed by atoms with Crippen LogP contribution in [0.1, 0.15) is 30.7 Å². The lowest BCUT2D eigenvalue weighted by Crippen LogP contribution is -2.38. The van der Waals surface area contributed by atoms with Crippen molar-refractivity contribution in [1.82, 2.24) is 9.78 Å². The first-order chi connectivity index (χ1) is 8.56. The predicted octanol–water partition coefficient (Wildman–Crippen LogP) is 1.82. The third-order valence-corrected chi connectivity index (χ3v) is 4.89. The third-order valence-electron chi connectivity index (χ3n) is 4.39. The average molecular weight is 270 g/mol. The molecule has 2 fully saturated rings. The molecule has 1 aromatic heterocycles. The van der Waals surface area contributed by atoms with Crippen molar-refractivity contribution in [3.63, 3.8) is 0 Å². The predicted molar refractivity (Wildman–Crippen MR) is 70.6 cm³/mol. The van der Waals surface area contributed by atoms with E-state index < -0.39 is 0 Å². The van der Waals surface area contributed by atoms with Crippen molar-refractivity contribution >= 4 is 11.6 Å². The molecule has 2 saturated heterocycles. The van der Waals surface area contributed by atoms with E-state index in [4.69, 9.17) is 22.1 Å². The van der Waals surface area contributed by atoms with Crippen LogP contribution >= 0.6 is 11.6 Å². The van der Waals surface area contributed by atoms with Gasteiger partial charge >= 0.3 is 0 Å². The van der Waals surface area contributed by atoms with Crippen molar-refractivity contribution in [2.75, 3.05) is 0 Å². The maximum atomic E-state index is 6.36. The van der Waals surface area contributed by atoms with Crippen LogP contribution in [0.3, 0.4) is 0 Å². The summed E-state index contributed by atoms with van der Waals surface area (Å²) in [4.78, 5) is 0. The maximum Gasteiger partial charge on any atom is 0.0847 e. The van der Waals surface area contributed by atoms with E-state index in [1.165, 1.54) is 12.8 Å². The molecule has 100 valence electrons. The molecular weight excluding hydrogens is 250 g/mol. The fourth-order valence-electron chi connectivity index (χ4n) is 3.40. The quantitative estimate of drug-likeness (QED) is 0.911. The summed E-state index contributed by atoms with van der Waals surface area (Å²) in [5.74, 6) is 0.482. The Morgan fingerprint density at radius 1 is 1.56 bits per heavy atom. The number of rotatable bonds is 3. The van der Waals surface area contributed by atoms with Crippen LogP contribution in [-0.4, -0.2) is 28.0 Å². The van der Waals surface area contributed by atoms with Gasteiger partial charge in [-0.05, 0) is 26.2 Å². The summed E-state index contributed by atoms with van der Waals surface area (Å²) in [5, 5.41) is 5.10. The second kappa shape index (κ2) is 4.51. The van der Waals surface area contributed by atoms with Crippen LogP contribution in [0.2, 0.25) is 5.02 Å². The minimum Gasteiger partial charge on any atom is -0.375 e. The Kier molecular flexibility index (Phi) is 3.12. The highest BCUT2D eigenvalue weighted by atomic mass is 35.5. The molecule has 2 aliphatic heterocycles. The van der Waals surface area contributed by atoms with E-state index in [1.807, 2.05) is 18.7 Å². The number of ether oxygens (including phenoxy) is 1. The normalized spacial score (nSPS) is 32.1. The topological polar surface area (TPSA) is 53.1 Å². The second-order valence-corrected chi connectivity index (χ2v) is 5.99. The van der Waals surface area contributed by atoms with E-state index in [2.05, 4.69) is 5.10 Å². The van der Waals surface area contributed by atoms with Crippen LogP contribution in [0, 0.1) is 12.8 Å². The summed E-state index contributed by atoms with van der Waals surface area (Å²) in [5.41, 5.74) is 8.29. The molecule has 4 atom stereocenters. The van der Waals surface area contributed by atoms with E-state index in [-0.39, 0.29) is 6.04 Å². The van der Waals surface area contributed by atoms with Crippen molar-refractivity contribution < 1.29 is 4.74 Å². The molecule has 4 unspecified atom stereocenters. The number of aromatic nitrogens is 2. The Balaban J connectivity index is 1.72. The number of halogens is 1. The first-order valence-corrected chi connectivity index (χ1v) is 7.03. The maximum absolute atomic E-state index is 6.36. The Hall–Kier alpha value is -0.580. The van der Waals surface area contributed by atoms with E-state index in [0.29, 0.717) is 18.1 Å². The highest BCUT2D eigenvalue weighted by Crippen LogP contribution is 2.40. The minimum absolute atomic E-state index is 0.118. The molecule has 0 aromatic carbocycles. The van der Waals surface area contributed by atoms with Crippen LogP contribution in [-0.2, 0) is 18.2 Å². The molecule has 1 aromatic rings. The lowest BCUT2D eigenvalue weighted by Gasteiger charge is -2.25. The van der Waals surface area contributed by atoms with Gasteiger partial charge in [-0.25, -0.2) is 0 Å². The lowest BCUT2D eigenvalue weighted by molar-refractivity contribution is 0.0884. The summed E-state index contributed by atoms with van der Waals surface area (Å²) >= 11 is 6.27. The van der Waals surface area contributed by atoms with E-state index >= 15 is 0 Å². The molecule has 18 heavy (non-hydrogen) atoms. The van der Waals surface area contributed by atoms with Gasteiger partial charge in [-0.15, -0.1) is 0 Å². The molecule has 2 aliphatic rings. The molecule has 0 spiro atoms. The van der Waals surface area contributed by atoms with Gasteiger partial charge in [-0.2, -0.15) is 5.10 Å². The third kappa shape index (κ3) is 1.96. The highest BCUT2D eigenvalue weighted by Gasteiger charge is 2.43. The molecule has 2 bridgehead atoms. The van der Waals surface area contributed by atoms with Gasteiger partial charge in [0.15, 0.2) is 0 Å². The van der Waals surface area contributed by atoms with E-state index in [9.17, 15) is 0 Å². The molecule has 0 radical (unpaired) electrons. The molecule has 0 aliphatic carbocycles. The standard InChI is InChI=1S/C13H20ClN3O/c1-7-13(14)11(17(2)16-7)6-10(15)9-5-8-3-4-12(9)18-8/h8-10,12H,3-6,15H2,1-2H3. The Bertz CT molecular complexity index is 459. The van der Waals surface area contributed by atoms with Crippen molar-refractivity contribution in [3.05, 3.63) is 16.4 Å². The lowest BCUT2D eigenvalue weighted by atomic mass is 9.82. The molecule has 0 amide bonds. The largest absolute Gasteiger partial charge is 0.375 e. The molecule has 3 heterocycles. The van der Waals surface area contributed by atoms with Crippen LogP contribution < -0.4 is 5.73 Å². The second-order valence-electron chi connectivity index (χ2n) is 5.61. The smallest absolute Gasteiger partial charge is 0.0847 e. The highest BCUT2D eigenvalue weighted by molar-refractivity contribution is 6.31. The van der Waals surface area contributed by atoms with Crippen LogP contribution in [0.25, 0.3) is 0 Å². The van der Waals surface area contributed by atoms with Crippen molar-refractivity contribution in [2.24, 2.45) is 18.7 Å². The zero-order valence-electron chi connectivity index (χ0n) is 10.9. The van der Waals surface area contributed by atoms with Crippen molar-refractivity contribution in [3.8, 4) is 0 Å². The van der Waals surface area contributed by atoms with Gasteiger partial charge in [0.05, 0.1) is 28.6 Å². The Labute approximate surface area is 112 Å².